The molecule has 9 heteroatoms. The molecule has 0 atom stereocenters. The number of rotatable bonds is 8. The molecule has 3 aromatic rings. The summed E-state index contributed by atoms with van der Waals surface area (Å²) < 4.78 is 0. The van der Waals surface area contributed by atoms with Gasteiger partial charge in [-0.25, -0.2) is 4.79 Å². The number of hydrogen-bond acceptors (Lipinski definition) is 6. The molecule has 0 bridgehead atoms. The van der Waals surface area contributed by atoms with Crippen LogP contribution in [-0.2, 0) is 17.8 Å². The lowest BCUT2D eigenvalue weighted by Crippen LogP contribution is -2.41. The Labute approximate surface area is 168 Å². The molecule has 0 radical (unpaired) electrons. The maximum absolute atomic E-state index is 11.7. The number of imide groups is 1. The molecule has 3 amide bonds. The van der Waals surface area contributed by atoms with E-state index in [1.807, 2.05) is 54.6 Å². The smallest absolute Gasteiger partial charge is 0.321 e. The van der Waals surface area contributed by atoms with E-state index in [0.29, 0.717) is 18.9 Å². The molecule has 0 aliphatic heterocycles. The number of nitrogens with zero attached hydrogens (tertiary/aromatic N) is 4. The predicted molar refractivity (Wildman–Crippen MR) is 109 cm³/mol. The van der Waals surface area contributed by atoms with E-state index >= 15 is 0 Å². The van der Waals surface area contributed by atoms with Crippen molar-refractivity contribution < 1.29 is 9.59 Å². The molecule has 0 fully saturated rings. The first-order valence-electron chi connectivity index (χ1n) is 9.38. The third kappa shape index (κ3) is 6.13. The third-order valence-electron chi connectivity index (χ3n) is 4.08. The van der Waals surface area contributed by atoms with Crippen LogP contribution in [0, 0.1) is 0 Å². The van der Waals surface area contributed by atoms with Crippen molar-refractivity contribution in [3.8, 4) is 11.4 Å². The molecule has 0 aliphatic carbocycles. The second kappa shape index (κ2) is 9.98. The first kappa shape index (κ1) is 20.0. The monoisotopic (exact) mass is 393 g/mol. The summed E-state index contributed by atoms with van der Waals surface area (Å²) in [6.07, 6.45) is 0.753. The van der Waals surface area contributed by atoms with Gasteiger partial charge in [-0.1, -0.05) is 42.5 Å². The normalized spacial score (nSPS) is 10.4. The Hall–Kier alpha value is -3.75. The lowest BCUT2D eigenvalue weighted by atomic mass is 10.1. The number of urea groups is 1. The number of tetrazole rings is 1. The molecule has 150 valence electrons. The number of anilines is 1. The average molecular weight is 393 g/mol. The fourth-order valence-corrected chi connectivity index (χ4v) is 2.62. The minimum atomic E-state index is -0.494. The van der Waals surface area contributed by atoms with Crippen LogP contribution >= 0.6 is 0 Å². The van der Waals surface area contributed by atoms with Crippen molar-refractivity contribution in [3.63, 3.8) is 0 Å². The number of aryl methyl sites for hydroxylation is 2. The standard InChI is InChI=1S/C20H23N7O2/c1-2-21-20(29)23-18(28)14-22-17-10-8-15(9-11-17)12-13-27-25-19(24-26-27)16-6-4-3-5-7-16/h3-11,22H,2,12-14H2,1H3,(H2,21,23,28,29). The van der Waals surface area contributed by atoms with E-state index in [9.17, 15) is 9.59 Å². The molecule has 1 heterocycles. The first-order chi connectivity index (χ1) is 14.1. The molecule has 1 aromatic heterocycles. The number of hydrogen-bond donors (Lipinski definition) is 3. The van der Waals surface area contributed by atoms with Gasteiger partial charge in [-0.2, -0.15) is 4.80 Å². The highest BCUT2D eigenvalue weighted by atomic mass is 16.2. The molecule has 9 nitrogen and oxygen atoms in total. The summed E-state index contributed by atoms with van der Waals surface area (Å²) in [5.41, 5.74) is 2.84. The highest BCUT2D eigenvalue weighted by molar-refractivity contribution is 5.96. The van der Waals surface area contributed by atoms with Crippen LogP contribution in [0.4, 0.5) is 10.5 Å². The summed E-state index contributed by atoms with van der Waals surface area (Å²) in [7, 11) is 0. The Morgan fingerprint density at radius 3 is 2.52 bits per heavy atom. The highest BCUT2D eigenvalue weighted by Crippen LogP contribution is 2.13. The number of carbonyl (C=O) groups is 2. The van der Waals surface area contributed by atoms with Crippen LogP contribution in [0.5, 0.6) is 0 Å². The number of benzene rings is 2. The van der Waals surface area contributed by atoms with Crippen LogP contribution in [0.3, 0.4) is 0 Å². The van der Waals surface area contributed by atoms with Crippen LogP contribution in [-0.4, -0.2) is 45.2 Å². The van der Waals surface area contributed by atoms with Crippen molar-refractivity contribution in [2.45, 2.75) is 19.9 Å². The Bertz CT molecular complexity index is 939. The van der Waals surface area contributed by atoms with Crippen molar-refractivity contribution in [2.75, 3.05) is 18.4 Å². The summed E-state index contributed by atoms with van der Waals surface area (Å²) in [5.74, 6) is 0.211. The average Bonchev–Trinajstić information content (AvgIpc) is 3.21. The Morgan fingerprint density at radius 1 is 1.03 bits per heavy atom. The van der Waals surface area contributed by atoms with Gasteiger partial charge in [0.25, 0.3) is 0 Å². The quantitative estimate of drug-likeness (QED) is 0.538. The van der Waals surface area contributed by atoms with E-state index in [2.05, 4.69) is 31.4 Å². The van der Waals surface area contributed by atoms with Gasteiger partial charge in [0.05, 0.1) is 13.1 Å². The van der Waals surface area contributed by atoms with Gasteiger partial charge in [0.2, 0.25) is 11.7 Å². The fourth-order valence-electron chi connectivity index (χ4n) is 2.62. The molecule has 0 saturated heterocycles. The number of nitrogens with one attached hydrogen (secondary N) is 3. The number of aromatic nitrogens is 4. The molecule has 3 N–H and O–H groups in total. The molecule has 2 aromatic carbocycles. The molecule has 0 spiro atoms. The van der Waals surface area contributed by atoms with Gasteiger partial charge in [0, 0.05) is 17.8 Å². The van der Waals surface area contributed by atoms with E-state index in [4.69, 9.17) is 0 Å². The van der Waals surface area contributed by atoms with Crippen LogP contribution < -0.4 is 16.0 Å². The zero-order valence-electron chi connectivity index (χ0n) is 16.1. The Morgan fingerprint density at radius 2 is 1.79 bits per heavy atom. The zero-order valence-corrected chi connectivity index (χ0v) is 16.1. The van der Waals surface area contributed by atoms with Gasteiger partial charge in [0.15, 0.2) is 0 Å². The number of amides is 3. The summed E-state index contributed by atoms with van der Waals surface area (Å²) >= 11 is 0. The van der Waals surface area contributed by atoms with Gasteiger partial charge < -0.3 is 10.6 Å². The van der Waals surface area contributed by atoms with E-state index in [1.54, 1.807) is 11.7 Å². The fraction of sp³-hybridized carbons (Fsp3) is 0.250. The lowest BCUT2D eigenvalue weighted by Gasteiger charge is -2.08. The second-order valence-corrected chi connectivity index (χ2v) is 6.28. The lowest BCUT2D eigenvalue weighted by molar-refractivity contribution is -0.118. The van der Waals surface area contributed by atoms with E-state index in [0.717, 1.165) is 23.2 Å². The SMILES string of the molecule is CCNC(=O)NC(=O)CNc1ccc(CCn2nnc(-c3ccccc3)n2)cc1. The van der Waals surface area contributed by atoms with Gasteiger partial charge in [0.1, 0.15) is 0 Å². The van der Waals surface area contributed by atoms with E-state index in [1.165, 1.54) is 0 Å². The second-order valence-electron chi connectivity index (χ2n) is 6.28. The third-order valence-corrected chi connectivity index (χ3v) is 4.08. The van der Waals surface area contributed by atoms with Crippen molar-refractivity contribution in [1.82, 2.24) is 30.8 Å². The Kier molecular flexibility index (Phi) is 6.88. The summed E-state index contributed by atoms with van der Waals surface area (Å²) in [6, 6.07) is 16.9. The van der Waals surface area contributed by atoms with Crippen molar-refractivity contribution >= 4 is 17.6 Å². The zero-order chi connectivity index (χ0) is 20.5. The minimum absolute atomic E-state index is 0.0155. The van der Waals surface area contributed by atoms with Crippen molar-refractivity contribution in [2.24, 2.45) is 0 Å². The molecule has 3 rings (SSSR count). The van der Waals surface area contributed by atoms with Gasteiger partial charge in [-0.05, 0) is 36.3 Å². The Balaban J connectivity index is 1.45. The number of carbonyl (C=O) groups excluding carboxylic acids is 2. The van der Waals surface area contributed by atoms with Crippen molar-refractivity contribution in [1.29, 1.82) is 0 Å². The van der Waals surface area contributed by atoms with Crippen LogP contribution in [0.2, 0.25) is 0 Å². The predicted octanol–water partition coefficient (Wildman–Crippen LogP) is 1.84. The maximum Gasteiger partial charge on any atom is 0.321 e. The minimum Gasteiger partial charge on any atom is -0.376 e. The first-order valence-corrected chi connectivity index (χ1v) is 9.38. The van der Waals surface area contributed by atoms with Gasteiger partial charge in [-0.15, -0.1) is 10.2 Å². The highest BCUT2D eigenvalue weighted by Gasteiger charge is 2.07. The molecular formula is C20H23N7O2. The van der Waals surface area contributed by atoms with Crippen LogP contribution in [0.1, 0.15) is 12.5 Å². The largest absolute Gasteiger partial charge is 0.376 e. The molecule has 29 heavy (non-hydrogen) atoms. The molecule has 0 saturated carbocycles. The summed E-state index contributed by atoms with van der Waals surface area (Å²) in [4.78, 5) is 24.6. The molecular weight excluding hydrogens is 370 g/mol. The molecule has 0 unspecified atom stereocenters. The molecule has 0 aliphatic rings. The van der Waals surface area contributed by atoms with E-state index < -0.39 is 11.9 Å². The van der Waals surface area contributed by atoms with Gasteiger partial charge >= 0.3 is 6.03 Å². The summed E-state index contributed by atoms with van der Waals surface area (Å²) in [6.45, 7) is 2.87. The van der Waals surface area contributed by atoms with Crippen molar-refractivity contribution in [3.05, 3.63) is 60.2 Å². The topological polar surface area (TPSA) is 114 Å². The summed E-state index contributed by atoms with van der Waals surface area (Å²) in [5, 5.41) is 20.3. The van der Waals surface area contributed by atoms with E-state index in [-0.39, 0.29) is 6.54 Å². The van der Waals surface area contributed by atoms with Crippen LogP contribution in [0.15, 0.2) is 54.6 Å². The maximum atomic E-state index is 11.7. The van der Waals surface area contributed by atoms with Gasteiger partial charge in [-0.3, -0.25) is 10.1 Å². The van der Waals surface area contributed by atoms with Crippen LogP contribution in [0.25, 0.3) is 11.4 Å².